The lowest BCUT2D eigenvalue weighted by Crippen LogP contribution is -2.36. The molecule has 29 heavy (non-hydrogen) atoms. The smallest absolute Gasteiger partial charge is 0.266 e. The van der Waals surface area contributed by atoms with E-state index in [4.69, 9.17) is 9.47 Å². The molecule has 1 aliphatic rings. The largest absolute Gasteiger partial charge is 0.486 e. The first-order valence-electron chi connectivity index (χ1n) is 9.22. The highest BCUT2D eigenvalue weighted by Gasteiger charge is 2.21. The summed E-state index contributed by atoms with van der Waals surface area (Å²) in [7, 11) is 1.71. The van der Waals surface area contributed by atoms with Gasteiger partial charge >= 0.3 is 0 Å². The van der Waals surface area contributed by atoms with E-state index in [-0.39, 0.29) is 18.0 Å². The summed E-state index contributed by atoms with van der Waals surface area (Å²) in [5, 5.41) is 4.51. The Balaban J connectivity index is 1.58. The molecule has 152 valence electrons. The number of nitrogens with zero attached hydrogens (tertiary/aromatic N) is 5. The second kappa shape index (κ2) is 7.86. The van der Waals surface area contributed by atoms with Crippen LogP contribution < -0.4 is 15.0 Å². The molecule has 9 nitrogen and oxygen atoms in total. The number of aromatic nitrogens is 4. The van der Waals surface area contributed by atoms with Gasteiger partial charge in [0.25, 0.3) is 5.56 Å². The van der Waals surface area contributed by atoms with Crippen LogP contribution in [0, 0.1) is 0 Å². The number of hydrogen-bond donors (Lipinski definition) is 0. The third kappa shape index (κ3) is 3.59. The summed E-state index contributed by atoms with van der Waals surface area (Å²) in [5.74, 6) is 1.17. The standard InChI is InChI=1S/C19H20BrN5O4/c1-3-24(9-12-5-4-6-13-16(12)29-8-7-28-13)14(26)10-25-11-21-18-15(19(25)27)17(20)22-23(18)2/h4-6,11H,3,7-10H2,1-2H3. The van der Waals surface area contributed by atoms with E-state index < -0.39 is 0 Å². The van der Waals surface area contributed by atoms with Gasteiger partial charge in [0.2, 0.25) is 5.91 Å². The van der Waals surface area contributed by atoms with Crippen LogP contribution in [0.25, 0.3) is 11.0 Å². The maximum atomic E-state index is 12.9. The van der Waals surface area contributed by atoms with Gasteiger partial charge in [0.1, 0.15) is 36.1 Å². The first-order chi connectivity index (χ1) is 14.0. The van der Waals surface area contributed by atoms with Crippen LogP contribution in [0.15, 0.2) is 33.9 Å². The molecule has 0 radical (unpaired) electrons. The van der Waals surface area contributed by atoms with E-state index in [1.807, 2.05) is 25.1 Å². The summed E-state index contributed by atoms with van der Waals surface area (Å²) in [4.78, 5) is 31.7. The summed E-state index contributed by atoms with van der Waals surface area (Å²) in [6.07, 6.45) is 1.38. The number of carbonyl (C=O) groups is 1. The summed E-state index contributed by atoms with van der Waals surface area (Å²) in [5.41, 5.74) is 1.02. The van der Waals surface area contributed by atoms with Gasteiger partial charge in [-0.25, -0.2) is 9.67 Å². The zero-order chi connectivity index (χ0) is 20.5. The van der Waals surface area contributed by atoms with E-state index in [9.17, 15) is 9.59 Å². The van der Waals surface area contributed by atoms with Crippen molar-refractivity contribution in [1.29, 1.82) is 0 Å². The molecule has 3 heterocycles. The molecule has 1 aliphatic heterocycles. The Kier molecular flexibility index (Phi) is 5.27. The van der Waals surface area contributed by atoms with Crippen molar-refractivity contribution in [3.8, 4) is 11.5 Å². The van der Waals surface area contributed by atoms with Crippen LogP contribution in [0.5, 0.6) is 11.5 Å². The van der Waals surface area contributed by atoms with Crippen LogP contribution in [-0.4, -0.2) is 49.9 Å². The maximum Gasteiger partial charge on any atom is 0.266 e. The Hall–Kier alpha value is -2.88. The minimum Gasteiger partial charge on any atom is -0.486 e. The first-order valence-corrected chi connectivity index (χ1v) is 10.0. The Labute approximate surface area is 175 Å². The lowest BCUT2D eigenvalue weighted by atomic mass is 10.1. The highest BCUT2D eigenvalue weighted by Crippen LogP contribution is 2.34. The fourth-order valence-electron chi connectivity index (χ4n) is 3.33. The SMILES string of the molecule is CCN(Cc1cccc2c1OCCO2)C(=O)Cn1cnc2c(c(Br)nn2C)c1=O. The number of amides is 1. The van der Waals surface area contributed by atoms with Crippen molar-refractivity contribution in [1.82, 2.24) is 24.2 Å². The summed E-state index contributed by atoms with van der Waals surface area (Å²) >= 11 is 3.28. The van der Waals surface area contributed by atoms with Gasteiger partial charge in [0.15, 0.2) is 17.1 Å². The molecule has 1 aromatic carbocycles. The zero-order valence-electron chi connectivity index (χ0n) is 16.1. The Morgan fingerprint density at radius 3 is 2.90 bits per heavy atom. The van der Waals surface area contributed by atoms with Gasteiger partial charge in [0.05, 0.1) is 0 Å². The highest BCUT2D eigenvalue weighted by atomic mass is 79.9. The van der Waals surface area contributed by atoms with Gasteiger partial charge in [-0.1, -0.05) is 12.1 Å². The van der Waals surface area contributed by atoms with Gasteiger partial charge in [-0.2, -0.15) is 5.10 Å². The van der Waals surface area contributed by atoms with E-state index in [2.05, 4.69) is 26.0 Å². The van der Waals surface area contributed by atoms with Crippen LogP contribution in [0.1, 0.15) is 12.5 Å². The second-order valence-electron chi connectivity index (χ2n) is 6.64. The number of rotatable bonds is 5. The Morgan fingerprint density at radius 1 is 1.31 bits per heavy atom. The normalized spacial score (nSPS) is 12.9. The quantitative estimate of drug-likeness (QED) is 0.574. The van der Waals surface area contributed by atoms with Crippen LogP contribution >= 0.6 is 15.9 Å². The fraction of sp³-hybridized carbons (Fsp3) is 0.368. The number of likely N-dealkylation sites (N-methyl/N-ethyl adjacent to an activating group) is 1. The molecule has 0 spiro atoms. The van der Waals surface area contributed by atoms with Crippen molar-refractivity contribution in [2.24, 2.45) is 7.05 Å². The minimum absolute atomic E-state index is 0.108. The molecule has 0 aliphatic carbocycles. The van der Waals surface area contributed by atoms with E-state index in [1.165, 1.54) is 15.6 Å². The second-order valence-corrected chi connectivity index (χ2v) is 7.39. The van der Waals surface area contributed by atoms with Gasteiger partial charge < -0.3 is 14.4 Å². The van der Waals surface area contributed by atoms with Crippen LogP contribution in [0.3, 0.4) is 0 Å². The Morgan fingerprint density at radius 2 is 2.10 bits per heavy atom. The molecule has 10 heteroatoms. The lowest BCUT2D eigenvalue weighted by molar-refractivity contribution is -0.132. The molecule has 1 amide bonds. The molecule has 0 saturated heterocycles. The molecule has 0 unspecified atom stereocenters. The fourth-order valence-corrected chi connectivity index (χ4v) is 3.92. The number of aryl methyl sites for hydroxylation is 1. The van der Waals surface area contributed by atoms with Crippen molar-refractivity contribution >= 4 is 32.9 Å². The molecule has 0 N–H and O–H groups in total. The van der Waals surface area contributed by atoms with Crippen LogP contribution in [0.2, 0.25) is 0 Å². The summed E-state index contributed by atoms with van der Waals surface area (Å²) in [6, 6.07) is 5.64. The van der Waals surface area contributed by atoms with Crippen LogP contribution in [-0.2, 0) is 24.9 Å². The number of carbonyl (C=O) groups excluding carboxylic acids is 1. The van der Waals surface area contributed by atoms with E-state index in [1.54, 1.807) is 11.9 Å². The zero-order valence-corrected chi connectivity index (χ0v) is 17.7. The molecule has 4 rings (SSSR count). The number of hydrogen-bond acceptors (Lipinski definition) is 6. The molecular formula is C19H20BrN5O4. The predicted molar refractivity (Wildman–Crippen MR) is 109 cm³/mol. The van der Waals surface area contributed by atoms with E-state index >= 15 is 0 Å². The number of para-hydroxylation sites is 1. The van der Waals surface area contributed by atoms with Crippen molar-refractivity contribution in [2.75, 3.05) is 19.8 Å². The lowest BCUT2D eigenvalue weighted by Gasteiger charge is -2.25. The van der Waals surface area contributed by atoms with E-state index in [0.29, 0.717) is 53.4 Å². The average Bonchev–Trinajstić information content (AvgIpc) is 3.02. The van der Waals surface area contributed by atoms with Crippen molar-refractivity contribution in [3.05, 3.63) is 45.0 Å². The molecule has 0 saturated carbocycles. The van der Waals surface area contributed by atoms with Crippen molar-refractivity contribution in [2.45, 2.75) is 20.0 Å². The summed E-state index contributed by atoms with van der Waals surface area (Å²) < 4.78 is 14.6. The van der Waals surface area contributed by atoms with Gasteiger partial charge in [-0.05, 0) is 28.9 Å². The molecular weight excluding hydrogens is 442 g/mol. The minimum atomic E-state index is -0.312. The third-order valence-corrected chi connectivity index (χ3v) is 5.37. The monoisotopic (exact) mass is 461 g/mol. The first kappa shape index (κ1) is 19.4. The van der Waals surface area contributed by atoms with Gasteiger partial charge in [0, 0.05) is 25.7 Å². The Bertz CT molecular complexity index is 1140. The molecule has 0 atom stereocenters. The number of benzene rings is 1. The topological polar surface area (TPSA) is 91.5 Å². The summed E-state index contributed by atoms with van der Waals surface area (Å²) in [6.45, 7) is 3.63. The van der Waals surface area contributed by atoms with Gasteiger partial charge in [-0.15, -0.1) is 0 Å². The molecule has 0 bridgehead atoms. The maximum absolute atomic E-state index is 12.9. The van der Waals surface area contributed by atoms with Gasteiger partial charge in [-0.3, -0.25) is 14.2 Å². The molecule has 2 aromatic heterocycles. The van der Waals surface area contributed by atoms with Crippen LogP contribution in [0.4, 0.5) is 0 Å². The highest BCUT2D eigenvalue weighted by molar-refractivity contribution is 9.10. The average molecular weight is 462 g/mol. The third-order valence-electron chi connectivity index (χ3n) is 4.82. The van der Waals surface area contributed by atoms with E-state index in [0.717, 1.165) is 5.56 Å². The number of halogens is 1. The predicted octanol–water partition coefficient (Wildman–Crippen LogP) is 1.71. The number of ether oxygens (including phenoxy) is 2. The molecule has 0 fully saturated rings. The van der Waals surface area contributed by atoms with Crippen molar-refractivity contribution < 1.29 is 14.3 Å². The van der Waals surface area contributed by atoms with Crippen molar-refractivity contribution in [3.63, 3.8) is 0 Å². The number of fused-ring (bicyclic) bond motifs is 2. The molecule has 3 aromatic rings.